The van der Waals surface area contributed by atoms with Gasteiger partial charge in [-0.15, -0.1) is 0 Å². The van der Waals surface area contributed by atoms with Crippen molar-refractivity contribution in [3.63, 3.8) is 0 Å². The maximum atomic E-state index is 13.2. The van der Waals surface area contributed by atoms with Crippen molar-refractivity contribution >= 4 is 0 Å². The van der Waals surface area contributed by atoms with Crippen LogP contribution in [0, 0.1) is 47.3 Å². The van der Waals surface area contributed by atoms with E-state index in [0.29, 0.717) is 0 Å². The van der Waals surface area contributed by atoms with Gasteiger partial charge in [0.05, 0.1) is 34.6 Å². The fourth-order valence-electron chi connectivity index (χ4n) is 13.2. The van der Waals surface area contributed by atoms with E-state index in [0.717, 1.165) is 128 Å². The van der Waals surface area contributed by atoms with Crippen LogP contribution in [-0.4, -0.2) is 75.5 Å². The van der Waals surface area contributed by atoms with Crippen LogP contribution in [0.5, 0.6) is 0 Å². The monoisotopic (exact) mass is 815 g/mol. The van der Waals surface area contributed by atoms with Gasteiger partial charge in [-0.25, -0.2) is 0 Å². The van der Waals surface area contributed by atoms with Crippen LogP contribution in [0.1, 0.15) is 128 Å². The Kier molecular flexibility index (Phi) is 12.5. The van der Waals surface area contributed by atoms with Gasteiger partial charge in [-0.3, -0.25) is 0 Å². The van der Waals surface area contributed by atoms with E-state index in [-0.39, 0.29) is 46.7 Å². The number of allylic oxidation sites excluding steroid dienone is 4. The molecule has 4 saturated carbocycles. The lowest BCUT2D eigenvalue weighted by atomic mass is 9.59. The molecular formula is C50H70O9. The molecule has 8 unspecified atom stereocenters. The quantitative estimate of drug-likeness (QED) is 0.107. The van der Waals surface area contributed by atoms with Gasteiger partial charge in [-0.1, -0.05) is 101 Å². The van der Waals surface area contributed by atoms with Crippen molar-refractivity contribution in [3.8, 4) is 0 Å². The Morgan fingerprint density at radius 3 is 0.763 bits per heavy atom. The van der Waals surface area contributed by atoms with Gasteiger partial charge < -0.3 is 45.6 Å². The molecule has 0 aromatic carbocycles. The van der Waals surface area contributed by atoms with E-state index >= 15 is 0 Å². The molecule has 0 bridgehead atoms. The number of hydrogen-bond acceptors (Lipinski definition) is 9. The minimum atomic E-state index is -1.57. The van der Waals surface area contributed by atoms with E-state index in [9.17, 15) is 40.9 Å². The second kappa shape index (κ2) is 17.4. The highest BCUT2D eigenvalue weighted by molar-refractivity contribution is 5.36. The molecule has 8 aliphatic rings. The first kappa shape index (κ1) is 42.6. The molecule has 324 valence electrons. The Labute approximate surface area is 351 Å². The standard InChI is InChI=1S/C50H70O9/c51-37-21-25-41(47(55,29-37)33-13-5-1-6-14-33)45(42-26-22-38(52)30-48(42,56)34-15-7-2-8-16-34)59-46(43-27-23-39(53)31-49(43,57)35-17-9-3-10-18-35)44-28-24-40(54)32-50(44,58)36-19-11-4-12-20-36/h21-36,41-46,51-58H,1-20H2. The Morgan fingerprint density at radius 2 is 0.559 bits per heavy atom. The van der Waals surface area contributed by atoms with Crippen LogP contribution in [-0.2, 0) is 4.74 Å². The second-order valence-corrected chi connectivity index (χ2v) is 19.8. The molecule has 0 saturated heterocycles. The van der Waals surface area contributed by atoms with Crippen LogP contribution in [0.25, 0.3) is 0 Å². The molecule has 8 rings (SSSR count). The maximum Gasteiger partial charge on any atom is 0.114 e. The van der Waals surface area contributed by atoms with E-state index in [2.05, 4.69) is 0 Å². The summed E-state index contributed by atoms with van der Waals surface area (Å²) in [5.41, 5.74) is -6.28. The molecule has 0 radical (unpaired) electrons. The zero-order valence-electron chi connectivity index (χ0n) is 34.8. The van der Waals surface area contributed by atoms with E-state index in [1.54, 1.807) is 48.6 Å². The first-order chi connectivity index (χ1) is 28.3. The normalized spacial score (nSPS) is 40.2. The molecule has 8 atom stereocenters. The minimum Gasteiger partial charge on any atom is -0.508 e. The maximum absolute atomic E-state index is 13.2. The highest BCUT2D eigenvalue weighted by Crippen LogP contribution is 2.54. The van der Waals surface area contributed by atoms with E-state index in [1.165, 1.54) is 0 Å². The fourth-order valence-corrected chi connectivity index (χ4v) is 13.2. The highest BCUT2D eigenvalue weighted by atomic mass is 16.5. The summed E-state index contributed by atoms with van der Waals surface area (Å²) < 4.78 is 7.81. The molecule has 0 heterocycles. The summed E-state index contributed by atoms with van der Waals surface area (Å²) in [5, 5.41) is 97.4. The van der Waals surface area contributed by atoms with Crippen LogP contribution in [0.2, 0.25) is 0 Å². The SMILES string of the molecule is OC1=CC(O)(C2CCCCC2)C(C(OC(C2C=CC(O)=CC2(O)C2CCCCC2)C2C=CC(O)=CC2(O)C2CCCCC2)C2C=CC(O)=CC2(O)C2CCCCC2)C=C1. The lowest BCUT2D eigenvalue weighted by Crippen LogP contribution is -2.62. The topological polar surface area (TPSA) is 171 Å². The van der Waals surface area contributed by atoms with Gasteiger partial charge >= 0.3 is 0 Å². The van der Waals surface area contributed by atoms with Crippen molar-refractivity contribution in [3.05, 3.63) is 95.9 Å². The van der Waals surface area contributed by atoms with Crippen molar-refractivity contribution in [2.75, 3.05) is 0 Å². The number of rotatable bonds is 10. The fraction of sp³-hybridized carbons (Fsp3) is 0.680. The van der Waals surface area contributed by atoms with Crippen LogP contribution >= 0.6 is 0 Å². The van der Waals surface area contributed by atoms with Crippen molar-refractivity contribution in [2.24, 2.45) is 47.3 Å². The summed E-state index contributed by atoms with van der Waals surface area (Å²) in [6.45, 7) is 0. The van der Waals surface area contributed by atoms with Crippen molar-refractivity contribution in [2.45, 2.75) is 163 Å². The van der Waals surface area contributed by atoms with Gasteiger partial charge in [0, 0.05) is 23.7 Å². The molecule has 9 nitrogen and oxygen atoms in total. The summed E-state index contributed by atoms with van der Waals surface area (Å²) in [4.78, 5) is 0. The average Bonchev–Trinajstić information content (AvgIpc) is 3.24. The van der Waals surface area contributed by atoms with Gasteiger partial charge in [-0.05, 0) is 124 Å². The van der Waals surface area contributed by atoms with Crippen molar-refractivity contribution < 1.29 is 45.6 Å². The molecule has 59 heavy (non-hydrogen) atoms. The zero-order valence-corrected chi connectivity index (χ0v) is 34.8. The first-order valence-corrected chi connectivity index (χ1v) is 23.3. The smallest absolute Gasteiger partial charge is 0.114 e. The molecular weight excluding hydrogens is 745 g/mol. The average molecular weight is 815 g/mol. The first-order valence-electron chi connectivity index (χ1n) is 23.3. The third kappa shape index (κ3) is 8.20. The largest absolute Gasteiger partial charge is 0.508 e. The molecule has 0 aromatic heterocycles. The summed E-state index contributed by atoms with van der Waals surface area (Å²) >= 11 is 0. The third-order valence-electron chi connectivity index (χ3n) is 16.3. The predicted molar refractivity (Wildman–Crippen MR) is 228 cm³/mol. The van der Waals surface area contributed by atoms with Crippen molar-refractivity contribution in [1.82, 2.24) is 0 Å². The van der Waals surface area contributed by atoms with E-state index in [4.69, 9.17) is 4.74 Å². The number of aliphatic hydroxyl groups excluding tert-OH is 4. The molecule has 8 N–H and O–H groups in total. The Bertz CT molecular complexity index is 1500. The van der Waals surface area contributed by atoms with Crippen LogP contribution in [0.3, 0.4) is 0 Å². The van der Waals surface area contributed by atoms with Crippen LogP contribution < -0.4 is 0 Å². The Hall–Kier alpha value is -3.08. The number of ether oxygens (including phenoxy) is 1. The highest BCUT2D eigenvalue weighted by Gasteiger charge is 2.59. The lowest BCUT2D eigenvalue weighted by Gasteiger charge is -2.55. The molecule has 0 aromatic rings. The summed E-state index contributed by atoms with van der Waals surface area (Å²) in [5.74, 6) is -4.13. The molecule has 0 spiro atoms. The van der Waals surface area contributed by atoms with Crippen molar-refractivity contribution in [1.29, 1.82) is 0 Å². The zero-order chi connectivity index (χ0) is 41.4. The molecule has 0 aliphatic heterocycles. The van der Waals surface area contributed by atoms with Gasteiger partial charge in [-0.2, -0.15) is 0 Å². The third-order valence-corrected chi connectivity index (χ3v) is 16.3. The Balaban J connectivity index is 1.32. The molecule has 8 aliphatic carbocycles. The van der Waals surface area contributed by atoms with Crippen LogP contribution in [0.4, 0.5) is 0 Å². The predicted octanol–water partition coefficient (Wildman–Crippen LogP) is 9.50. The van der Waals surface area contributed by atoms with Gasteiger partial charge in [0.15, 0.2) is 0 Å². The van der Waals surface area contributed by atoms with Gasteiger partial charge in [0.1, 0.15) is 23.0 Å². The second-order valence-electron chi connectivity index (χ2n) is 19.8. The van der Waals surface area contributed by atoms with E-state index in [1.807, 2.05) is 24.3 Å². The summed E-state index contributed by atoms with van der Waals surface area (Å²) in [6.07, 6.45) is 35.7. The number of aliphatic hydroxyl groups is 8. The summed E-state index contributed by atoms with van der Waals surface area (Å²) in [7, 11) is 0. The molecule has 9 heteroatoms. The van der Waals surface area contributed by atoms with Gasteiger partial charge in [0.25, 0.3) is 0 Å². The molecule has 4 fully saturated rings. The van der Waals surface area contributed by atoms with E-state index < -0.39 is 58.3 Å². The number of hydrogen-bond donors (Lipinski definition) is 8. The lowest BCUT2D eigenvalue weighted by molar-refractivity contribution is -0.203. The minimum absolute atomic E-state index is 0.0334. The summed E-state index contributed by atoms with van der Waals surface area (Å²) in [6, 6.07) is 0. The Morgan fingerprint density at radius 1 is 0.356 bits per heavy atom. The van der Waals surface area contributed by atoms with Gasteiger partial charge in [0.2, 0.25) is 0 Å². The van der Waals surface area contributed by atoms with Crippen LogP contribution in [0.15, 0.2) is 95.9 Å². The molecule has 0 amide bonds.